The van der Waals surface area contributed by atoms with Gasteiger partial charge in [0.1, 0.15) is 0 Å². The highest BCUT2D eigenvalue weighted by atomic mass is 15.1. The molecule has 1 nitrogen and oxygen atoms in total. The topological polar surface area (TPSA) is 3.24 Å². The SMILES string of the molecule is Cc1ccc(-c2ccc(N(c3ccc(-c4ccccc4)cc3)c3ccc4c(c3)C(C)(C)c3cc(-c5ccc6ccccc6c5)ccc3-4)cc2)cc1. The van der Waals surface area contributed by atoms with E-state index in [1.165, 1.54) is 72.0 Å². The van der Waals surface area contributed by atoms with Crippen LogP contribution in [0.25, 0.3) is 55.3 Å². The molecule has 0 aliphatic heterocycles. The average molecular weight is 654 g/mol. The van der Waals surface area contributed by atoms with E-state index < -0.39 is 0 Å². The number of hydrogen-bond donors (Lipinski definition) is 0. The predicted molar refractivity (Wildman–Crippen MR) is 217 cm³/mol. The van der Waals surface area contributed by atoms with E-state index in [1.807, 2.05) is 0 Å². The third kappa shape index (κ3) is 5.52. The Balaban J connectivity index is 1.12. The molecule has 8 aromatic rings. The second-order valence-electron chi connectivity index (χ2n) is 14.3. The third-order valence-electron chi connectivity index (χ3n) is 10.7. The van der Waals surface area contributed by atoms with Crippen molar-refractivity contribution >= 4 is 27.8 Å². The van der Waals surface area contributed by atoms with Crippen LogP contribution in [0, 0.1) is 6.92 Å². The van der Waals surface area contributed by atoms with Gasteiger partial charge in [0.15, 0.2) is 0 Å². The quantitative estimate of drug-likeness (QED) is 0.173. The maximum atomic E-state index is 2.42. The van der Waals surface area contributed by atoms with Crippen LogP contribution < -0.4 is 4.90 Å². The van der Waals surface area contributed by atoms with Gasteiger partial charge in [0, 0.05) is 22.5 Å². The molecule has 0 fully saturated rings. The van der Waals surface area contributed by atoms with Gasteiger partial charge in [-0.3, -0.25) is 0 Å². The Bertz CT molecular complexity index is 2520. The maximum absolute atomic E-state index is 2.42. The van der Waals surface area contributed by atoms with Gasteiger partial charge >= 0.3 is 0 Å². The van der Waals surface area contributed by atoms with Gasteiger partial charge in [0.25, 0.3) is 0 Å². The minimum atomic E-state index is -0.161. The second-order valence-corrected chi connectivity index (χ2v) is 14.3. The molecule has 0 heterocycles. The normalized spacial score (nSPS) is 12.8. The minimum Gasteiger partial charge on any atom is -0.310 e. The largest absolute Gasteiger partial charge is 0.310 e. The summed E-state index contributed by atoms with van der Waals surface area (Å²) in [4.78, 5) is 2.40. The fourth-order valence-electron chi connectivity index (χ4n) is 7.84. The van der Waals surface area contributed by atoms with Crippen LogP contribution in [0.5, 0.6) is 0 Å². The maximum Gasteiger partial charge on any atom is 0.0465 e. The molecule has 0 atom stereocenters. The summed E-state index contributed by atoms with van der Waals surface area (Å²) < 4.78 is 0. The number of benzene rings is 8. The zero-order chi connectivity index (χ0) is 34.5. The van der Waals surface area contributed by atoms with Crippen molar-refractivity contribution < 1.29 is 0 Å². The molecular formula is C50H39N. The van der Waals surface area contributed by atoms with Crippen molar-refractivity contribution in [1.29, 1.82) is 0 Å². The summed E-state index contributed by atoms with van der Waals surface area (Å²) in [6, 6.07) is 66.8. The monoisotopic (exact) mass is 653 g/mol. The zero-order valence-electron chi connectivity index (χ0n) is 29.3. The van der Waals surface area contributed by atoms with Crippen LogP contribution in [0.15, 0.2) is 182 Å². The van der Waals surface area contributed by atoms with E-state index in [0.717, 1.165) is 17.1 Å². The molecular weight excluding hydrogens is 615 g/mol. The summed E-state index contributed by atoms with van der Waals surface area (Å²) in [6.45, 7) is 6.88. The van der Waals surface area contributed by atoms with E-state index in [-0.39, 0.29) is 5.41 Å². The summed E-state index contributed by atoms with van der Waals surface area (Å²) in [7, 11) is 0. The number of hydrogen-bond acceptors (Lipinski definition) is 1. The Morgan fingerprint density at radius 1 is 0.353 bits per heavy atom. The first-order chi connectivity index (χ1) is 24.9. The minimum absolute atomic E-state index is 0.161. The molecule has 1 aliphatic rings. The van der Waals surface area contributed by atoms with Gasteiger partial charge in [0.05, 0.1) is 0 Å². The Morgan fingerprint density at radius 3 is 1.45 bits per heavy atom. The van der Waals surface area contributed by atoms with E-state index in [2.05, 4.69) is 208 Å². The lowest BCUT2D eigenvalue weighted by atomic mass is 9.81. The number of fused-ring (bicyclic) bond motifs is 4. The fraction of sp³-hybridized carbons (Fsp3) is 0.0800. The molecule has 0 saturated heterocycles. The standard InChI is InChI=1S/C50H39N/c1-34-13-15-37(16-14-34)39-21-26-44(27-22-39)51(43-24-19-38(20-25-43)35-9-5-4-6-10-35)45-28-30-47-46-29-23-42(32-48(46)50(2,3)49(47)33-45)41-18-17-36-11-7-8-12-40(36)31-41/h4-33H,1-3H3. The molecule has 0 saturated carbocycles. The summed E-state index contributed by atoms with van der Waals surface area (Å²) in [5, 5.41) is 2.54. The highest BCUT2D eigenvalue weighted by molar-refractivity contribution is 5.90. The molecule has 244 valence electrons. The fourth-order valence-corrected chi connectivity index (χ4v) is 7.84. The lowest BCUT2D eigenvalue weighted by Crippen LogP contribution is -2.16. The molecule has 1 aliphatic carbocycles. The Morgan fingerprint density at radius 2 is 0.804 bits per heavy atom. The van der Waals surface area contributed by atoms with Crippen LogP contribution >= 0.6 is 0 Å². The van der Waals surface area contributed by atoms with E-state index in [0.29, 0.717) is 0 Å². The van der Waals surface area contributed by atoms with Gasteiger partial charge in [-0.05, 0) is 122 Å². The second kappa shape index (κ2) is 12.3. The molecule has 0 aromatic heterocycles. The molecule has 51 heavy (non-hydrogen) atoms. The van der Waals surface area contributed by atoms with Gasteiger partial charge in [0.2, 0.25) is 0 Å². The zero-order valence-corrected chi connectivity index (χ0v) is 29.3. The third-order valence-corrected chi connectivity index (χ3v) is 10.7. The molecule has 0 amide bonds. The Kier molecular flexibility index (Phi) is 7.44. The molecule has 0 N–H and O–H groups in total. The molecule has 0 radical (unpaired) electrons. The molecule has 1 heteroatoms. The van der Waals surface area contributed by atoms with Crippen LogP contribution in [-0.4, -0.2) is 0 Å². The van der Waals surface area contributed by atoms with Crippen molar-refractivity contribution in [3.8, 4) is 44.5 Å². The molecule has 0 spiro atoms. The molecule has 8 aromatic carbocycles. The summed E-state index contributed by atoms with van der Waals surface area (Å²) in [5.41, 5.74) is 17.3. The van der Waals surface area contributed by atoms with Crippen LogP contribution in [0.2, 0.25) is 0 Å². The van der Waals surface area contributed by atoms with Gasteiger partial charge in [-0.1, -0.05) is 153 Å². The summed E-state index contributed by atoms with van der Waals surface area (Å²) in [5.74, 6) is 0. The Labute approximate surface area is 301 Å². The Hall–Kier alpha value is -6.18. The molecule has 0 unspecified atom stereocenters. The predicted octanol–water partition coefficient (Wildman–Crippen LogP) is 13.9. The molecule has 0 bridgehead atoms. The highest BCUT2D eigenvalue weighted by Crippen LogP contribution is 2.51. The average Bonchev–Trinajstić information content (AvgIpc) is 3.41. The van der Waals surface area contributed by atoms with E-state index in [4.69, 9.17) is 0 Å². The van der Waals surface area contributed by atoms with E-state index >= 15 is 0 Å². The van der Waals surface area contributed by atoms with Crippen molar-refractivity contribution in [1.82, 2.24) is 0 Å². The molecule has 9 rings (SSSR count). The van der Waals surface area contributed by atoms with Crippen molar-refractivity contribution in [3.63, 3.8) is 0 Å². The van der Waals surface area contributed by atoms with Crippen LogP contribution in [0.3, 0.4) is 0 Å². The lowest BCUT2D eigenvalue weighted by Gasteiger charge is -2.28. The van der Waals surface area contributed by atoms with Crippen LogP contribution in [0.1, 0.15) is 30.5 Å². The summed E-state index contributed by atoms with van der Waals surface area (Å²) in [6.07, 6.45) is 0. The van der Waals surface area contributed by atoms with Gasteiger partial charge < -0.3 is 4.90 Å². The number of aryl methyl sites for hydroxylation is 1. The van der Waals surface area contributed by atoms with Crippen molar-refractivity contribution in [2.45, 2.75) is 26.2 Å². The lowest BCUT2D eigenvalue weighted by molar-refractivity contribution is 0.660. The first kappa shape index (κ1) is 30.8. The smallest absolute Gasteiger partial charge is 0.0465 e. The summed E-state index contributed by atoms with van der Waals surface area (Å²) >= 11 is 0. The van der Waals surface area contributed by atoms with E-state index in [1.54, 1.807) is 0 Å². The van der Waals surface area contributed by atoms with Gasteiger partial charge in [-0.15, -0.1) is 0 Å². The van der Waals surface area contributed by atoms with Crippen molar-refractivity contribution in [3.05, 3.63) is 199 Å². The number of nitrogens with zero attached hydrogens (tertiary/aromatic N) is 1. The first-order valence-electron chi connectivity index (χ1n) is 17.8. The van der Waals surface area contributed by atoms with Crippen LogP contribution in [0.4, 0.5) is 17.1 Å². The highest BCUT2D eigenvalue weighted by Gasteiger charge is 2.36. The van der Waals surface area contributed by atoms with Crippen molar-refractivity contribution in [2.24, 2.45) is 0 Å². The number of rotatable bonds is 6. The van der Waals surface area contributed by atoms with E-state index in [9.17, 15) is 0 Å². The van der Waals surface area contributed by atoms with Crippen LogP contribution in [-0.2, 0) is 5.41 Å². The number of anilines is 3. The first-order valence-corrected chi connectivity index (χ1v) is 17.8. The van der Waals surface area contributed by atoms with Gasteiger partial charge in [-0.25, -0.2) is 0 Å². The van der Waals surface area contributed by atoms with Gasteiger partial charge in [-0.2, -0.15) is 0 Å². The van der Waals surface area contributed by atoms with Crippen molar-refractivity contribution in [2.75, 3.05) is 4.90 Å².